The van der Waals surface area contributed by atoms with Crippen LogP contribution in [0.15, 0.2) is 76.5 Å². The summed E-state index contributed by atoms with van der Waals surface area (Å²) >= 11 is 7.85. The van der Waals surface area contributed by atoms with Crippen LogP contribution in [0.3, 0.4) is 0 Å². The zero-order valence-electron chi connectivity index (χ0n) is 15.0. The Labute approximate surface area is 168 Å². The molecule has 0 spiro atoms. The summed E-state index contributed by atoms with van der Waals surface area (Å²) < 4.78 is 0. The van der Waals surface area contributed by atoms with Crippen molar-refractivity contribution >= 4 is 29.1 Å². The molecule has 0 aliphatic carbocycles. The third kappa shape index (κ3) is 3.33. The average molecular weight is 392 g/mol. The molecule has 1 aliphatic heterocycles. The van der Waals surface area contributed by atoms with Crippen LogP contribution in [0.4, 0.5) is 5.69 Å². The molecule has 0 bridgehead atoms. The fourth-order valence-corrected chi connectivity index (χ4v) is 4.47. The van der Waals surface area contributed by atoms with Gasteiger partial charge in [0.2, 0.25) is 0 Å². The minimum absolute atomic E-state index is 0.587. The van der Waals surface area contributed by atoms with E-state index in [0.717, 1.165) is 32.2 Å². The maximum absolute atomic E-state index is 11.7. The first-order valence-corrected chi connectivity index (χ1v) is 9.77. The lowest BCUT2D eigenvalue weighted by atomic mass is 9.86. The third-order valence-electron chi connectivity index (χ3n) is 4.60. The Hall–Kier alpha value is -2.38. The lowest BCUT2D eigenvalue weighted by Gasteiger charge is -2.32. The number of aliphatic hydroxyl groups is 1. The molecule has 134 valence electrons. The second-order valence-corrected chi connectivity index (χ2v) is 8.16. The minimum atomic E-state index is -1.40. The van der Waals surface area contributed by atoms with Crippen molar-refractivity contribution in [2.75, 3.05) is 19.0 Å². The molecule has 0 aromatic heterocycles. The molecular weight excluding hydrogens is 374 g/mol. The van der Waals surface area contributed by atoms with Crippen LogP contribution in [0.1, 0.15) is 16.7 Å². The van der Waals surface area contributed by atoms with E-state index in [1.807, 2.05) is 85.7 Å². The Morgan fingerprint density at radius 1 is 0.926 bits per heavy atom. The van der Waals surface area contributed by atoms with Gasteiger partial charge < -0.3 is 10.0 Å². The molecule has 1 N–H and O–H groups in total. The van der Waals surface area contributed by atoms with Gasteiger partial charge in [0.25, 0.3) is 0 Å². The van der Waals surface area contributed by atoms with E-state index >= 15 is 0 Å². The second-order valence-electron chi connectivity index (χ2n) is 6.64. The third-order valence-corrected chi connectivity index (χ3v) is 5.99. The van der Waals surface area contributed by atoms with Gasteiger partial charge in [-0.15, -0.1) is 0 Å². The zero-order chi connectivity index (χ0) is 19.0. The van der Waals surface area contributed by atoms with Crippen molar-refractivity contribution in [2.45, 2.75) is 15.4 Å². The van der Waals surface area contributed by atoms with Crippen LogP contribution < -0.4 is 4.90 Å². The van der Waals surface area contributed by atoms with Crippen molar-refractivity contribution in [1.29, 1.82) is 0 Å². The number of halogens is 1. The van der Waals surface area contributed by atoms with Gasteiger partial charge in [-0.05, 0) is 48.5 Å². The molecule has 3 aromatic rings. The maximum Gasteiger partial charge on any atom is 0.179 e. The van der Waals surface area contributed by atoms with Crippen LogP contribution >= 0.6 is 23.4 Å². The summed E-state index contributed by atoms with van der Waals surface area (Å²) in [5.41, 5.74) is 2.09. The van der Waals surface area contributed by atoms with Crippen molar-refractivity contribution in [3.8, 4) is 11.8 Å². The normalized spacial score (nSPS) is 17.3. The van der Waals surface area contributed by atoms with Gasteiger partial charge in [0.15, 0.2) is 5.60 Å². The highest BCUT2D eigenvalue weighted by Crippen LogP contribution is 2.48. The van der Waals surface area contributed by atoms with E-state index in [-0.39, 0.29) is 0 Å². The molecule has 4 heteroatoms. The van der Waals surface area contributed by atoms with Crippen LogP contribution in [-0.4, -0.2) is 19.2 Å². The highest BCUT2D eigenvalue weighted by Gasteiger charge is 2.38. The summed E-state index contributed by atoms with van der Waals surface area (Å²) in [6, 6.07) is 21.4. The van der Waals surface area contributed by atoms with Crippen molar-refractivity contribution in [1.82, 2.24) is 0 Å². The quantitative estimate of drug-likeness (QED) is 0.580. The highest BCUT2D eigenvalue weighted by atomic mass is 35.5. The molecule has 4 rings (SSSR count). The van der Waals surface area contributed by atoms with E-state index < -0.39 is 5.60 Å². The van der Waals surface area contributed by atoms with E-state index in [0.29, 0.717) is 5.02 Å². The highest BCUT2D eigenvalue weighted by molar-refractivity contribution is 7.99. The zero-order valence-corrected chi connectivity index (χ0v) is 16.6. The summed E-state index contributed by atoms with van der Waals surface area (Å²) in [6.45, 7) is 0. The van der Waals surface area contributed by atoms with Gasteiger partial charge in [-0.25, -0.2) is 0 Å². The lowest BCUT2D eigenvalue weighted by Crippen LogP contribution is -2.29. The molecule has 0 fully saturated rings. The fraction of sp³-hybridized carbons (Fsp3) is 0.130. The van der Waals surface area contributed by atoms with Gasteiger partial charge in [-0.2, -0.15) is 0 Å². The first-order valence-electron chi connectivity index (χ1n) is 8.58. The Morgan fingerprint density at radius 2 is 1.63 bits per heavy atom. The molecule has 1 unspecified atom stereocenters. The summed E-state index contributed by atoms with van der Waals surface area (Å²) in [5, 5.41) is 12.2. The van der Waals surface area contributed by atoms with E-state index in [4.69, 9.17) is 11.6 Å². The maximum atomic E-state index is 11.7. The molecular formula is C23H18ClNOS. The summed E-state index contributed by atoms with van der Waals surface area (Å²) in [6.07, 6.45) is 0. The SMILES string of the molecule is CN(C)c1ccc(C#CC2(O)c3ccccc3Sc3ccc(Cl)cc32)cc1. The number of nitrogens with zero attached hydrogens (tertiary/aromatic N) is 1. The topological polar surface area (TPSA) is 23.5 Å². The summed E-state index contributed by atoms with van der Waals surface area (Å²) in [5.74, 6) is 6.27. The molecule has 3 aromatic carbocycles. The van der Waals surface area contributed by atoms with Gasteiger partial charge in [-0.3, -0.25) is 0 Å². The number of anilines is 1. The molecule has 2 nitrogen and oxygen atoms in total. The van der Waals surface area contributed by atoms with Crippen molar-refractivity contribution < 1.29 is 5.11 Å². The molecule has 1 atom stereocenters. The minimum Gasteiger partial charge on any atom is -0.378 e. The van der Waals surface area contributed by atoms with Crippen molar-refractivity contribution in [3.05, 3.63) is 88.4 Å². The number of hydrogen-bond donors (Lipinski definition) is 1. The number of rotatable bonds is 1. The van der Waals surface area contributed by atoms with Crippen LogP contribution in [0, 0.1) is 11.8 Å². The monoisotopic (exact) mass is 391 g/mol. The van der Waals surface area contributed by atoms with Gasteiger partial charge in [0.05, 0.1) is 0 Å². The summed E-state index contributed by atoms with van der Waals surface area (Å²) in [7, 11) is 4.00. The predicted molar refractivity (Wildman–Crippen MR) is 113 cm³/mol. The first-order chi connectivity index (χ1) is 13.0. The second kappa shape index (κ2) is 6.98. The Morgan fingerprint density at radius 3 is 2.37 bits per heavy atom. The predicted octanol–water partition coefficient (Wildman–Crippen LogP) is 5.16. The fourth-order valence-electron chi connectivity index (χ4n) is 3.13. The molecule has 0 radical (unpaired) electrons. The Bertz CT molecular complexity index is 1070. The van der Waals surface area contributed by atoms with Gasteiger partial charge in [0.1, 0.15) is 0 Å². The molecule has 0 saturated heterocycles. The van der Waals surface area contributed by atoms with Crippen molar-refractivity contribution in [2.24, 2.45) is 0 Å². The Kier molecular flexibility index (Phi) is 4.65. The number of fused-ring (bicyclic) bond motifs is 2. The van der Waals surface area contributed by atoms with Gasteiger partial charge in [-0.1, -0.05) is 53.4 Å². The molecule has 27 heavy (non-hydrogen) atoms. The molecule has 1 heterocycles. The average Bonchev–Trinajstić information content (AvgIpc) is 2.68. The number of benzene rings is 3. The van der Waals surface area contributed by atoms with Gasteiger partial charge in [0, 0.05) is 51.3 Å². The van der Waals surface area contributed by atoms with Gasteiger partial charge >= 0.3 is 0 Å². The standard InChI is InChI=1S/C23H18ClNOS/c1-25(2)18-10-7-16(8-11-18)13-14-23(26)19-5-3-4-6-21(19)27-22-12-9-17(24)15-20(22)23/h3-12,15,26H,1-2H3. The van der Waals surface area contributed by atoms with E-state index in [2.05, 4.69) is 11.8 Å². The Balaban J connectivity index is 1.83. The van der Waals surface area contributed by atoms with Crippen LogP contribution in [0.2, 0.25) is 5.02 Å². The molecule has 0 saturated carbocycles. The molecule has 0 amide bonds. The van der Waals surface area contributed by atoms with E-state index in [9.17, 15) is 5.11 Å². The first kappa shape index (κ1) is 18.0. The van der Waals surface area contributed by atoms with Crippen LogP contribution in [-0.2, 0) is 5.60 Å². The molecule has 1 aliphatic rings. The van der Waals surface area contributed by atoms with E-state index in [1.54, 1.807) is 11.8 Å². The smallest absolute Gasteiger partial charge is 0.179 e. The lowest BCUT2D eigenvalue weighted by molar-refractivity contribution is 0.138. The number of hydrogen-bond acceptors (Lipinski definition) is 3. The van der Waals surface area contributed by atoms with Crippen molar-refractivity contribution in [3.63, 3.8) is 0 Å². The van der Waals surface area contributed by atoms with Crippen LogP contribution in [0.25, 0.3) is 0 Å². The summed E-state index contributed by atoms with van der Waals surface area (Å²) in [4.78, 5) is 4.02. The largest absolute Gasteiger partial charge is 0.378 e. The van der Waals surface area contributed by atoms with Crippen LogP contribution in [0.5, 0.6) is 0 Å². The van der Waals surface area contributed by atoms with E-state index in [1.165, 1.54) is 0 Å².